The van der Waals surface area contributed by atoms with Crippen LogP contribution in [-0.4, -0.2) is 17.1 Å². The quantitative estimate of drug-likeness (QED) is 0.636. The molecule has 0 aliphatic heterocycles. The number of rotatable bonds is 6. The Bertz CT molecular complexity index is 120. The highest BCUT2D eigenvalue weighted by Crippen LogP contribution is 2.03. The zero-order chi connectivity index (χ0) is 8.69. The van der Waals surface area contributed by atoms with Crippen LogP contribution in [0.3, 0.4) is 0 Å². The third kappa shape index (κ3) is 9.72. The first-order valence-electron chi connectivity index (χ1n) is 4.14. The Balaban J connectivity index is 0. The fraction of sp³-hybridized carbons (Fsp3) is 0.875. The Kier molecular flexibility index (Phi) is 10.5. The molecule has 12 heavy (non-hydrogen) atoms. The lowest BCUT2D eigenvalue weighted by Crippen LogP contribution is -2.23. The van der Waals surface area contributed by atoms with Gasteiger partial charge in [-0.15, -0.1) is 12.4 Å². The van der Waals surface area contributed by atoms with Crippen LogP contribution in [0.2, 0.25) is 0 Å². The molecule has 3 N–H and O–H groups in total. The van der Waals surface area contributed by atoms with Crippen molar-refractivity contribution in [2.75, 3.05) is 0 Å². The highest BCUT2D eigenvalue weighted by atomic mass is 35.5. The molecule has 0 fully saturated rings. The summed E-state index contributed by atoms with van der Waals surface area (Å²) in [4.78, 5) is 10.2. The SMILES string of the molecule is CCCCC[C@H](N)CC(=O)O.Cl. The topological polar surface area (TPSA) is 63.3 Å². The van der Waals surface area contributed by atoms with Crippen molar-refractivity contribution in [3.05, 3.63) is 0 Å². The van der Waals surface area contributed by atoms with Gasteiger partial charge in [0.2, 0.25) is 0 Å². The molecule has 0 aromatic rings. The van der Waals surface area contributed by atoms with Crippen molar-refractivity contribution in [2.45, 2.75) is 45.1 Å². The maximum Gasteiger partial charge on any atom is 0.304 e. The van der Waals surface area contributed by atoms with E-state index in [1.54, 1.807) is 0 Å². The van der Waals surface area contributed by atoms with Gasteiger partial charge in [0.15, 0.2) is 0 Å². The van der Waals surface area contributed by atoms with E-state index in [9.17, 15) is 4.79 Å². The molecule has 0 aliphatic rings. The van der Waals surface area contributed by atoms with Gasteiger partial charge in [0.25, 0.3) is 0 Å². The molecule has 0 aromatic heterocycles. The van der Waals surface area contributed by atoms with Crippen molar-refractivity contribution < 1.29 is 9.90 Å². The van der Waals surface area contributed by atoms with Crippen molar-refractivity contribution in [2.24, 2.45) is 5.73 Å². The molecular weight excluding hydrogens is 178 g/mol. The molecular formula is C8H18ClNO2. The normalized spacial score (nSPS) is 11.8. The molecule has 3 nitrogen and oxygen atoms in total. The number of carboxylic acids is 1. The number of hydrogen-bond donors (Lipinski definition) is 2. The van der Waals surface area contributed by atoms with Crippen molar-refractivity contribution in [1.82, 2.24) is 0 Å². The monoisotopic (exact) mass is 195 g/mol. The number of carboxylic acid groups (broad SMARTS) is 1. The van der Waals surface area contributed by atoms with Gasteiger partial charge in [0.05, 0.1) is 6.42 Å². The Morgan fingerprint density at radius 2 is 2.08 bits per heavy atom. The molecule has 0 saturated carbocycles. The van der Waals surface area contributed by atoms with Crippen LogP contribution in [0.5, 0.6) is 0 Å². The lowest BCUT2D eigenvalue weighted by atomic mass is 10.1. The maximum absolute atomic E-state index is 10.2. The third-order valence-corrected chi connectivity index (χ3v) is 1.62. The fourth-order valence-electron chi connectivity index (χ4n) is 0.983. The fourth-order valence-corrected chi connectivity index (χ4v) is 0.983. The predicted octanol–water partition coefficient (Wildman–Crippen LogP) is 1.79. The van der Waals surface area contributed by atoms with Gasteiger partial charge in [0, 0.05) is 6.04 Å². The lowest BCUT2D eigenvalue weighted by Gasteiger charge is -2.06. The molecule has 0 saturated heterocycles. The van der Waals surface area contributed by atoms with Gasteiger partial charge in [-0.1, -0.05) is 26.2 Å². The third-order valence-electron chi connectivity index (χ3n) is 1.62. The Hall–Kier alpha value is -0.280. The van der Waals surface area contributed by atoms with Crippen LogP contribution in [0.25, 0.3) is 0 Å². The summed E-state index contributed by atoms with van der Waals surface area (Å²) < 4.78 is 0. The zero-order valence-corrected chi connectivity index (χ0v) is 8.27. The second kappa shape index (κ2) is 8.81. The van der Waals surface area contributed by atoms with Gasteiger partial charge in [-0.3, -0.25) is 4.79 Å². The number of halogens is 1. The van der Waals surface area contributed by atoms with E-state index in [4.69, 9.17) is 10.8 Å². The molecule has 0 unspecified atom stereocenters. The van der Waals surface area contributed by atoms with Gasteiger partial charge in [-0.2, -0.15) is 0 Å². The van der Waals surface area contributed by atoms with Crippen LogP contribution < -0.4 is 5.73 Å². The average molecular weight is 196 g/mol. The minimum Gasteiger partial charge on any atom is -0.481 e. The highest BCUT2D eigenvalue weighted by Gasteiger charge is 2.06. The van der Waals surface area contributed by atoms with Crippen LogP contribution in [0, 0.1) is 0 Å². The van der Waals surface area contributed by atoms with Crippen molar-refractivity contribution >= 4 is 18.4 Å². The standard InChI is InChI=1S/C8H17NO2.ClH/c1-2-3-4-5-7(9)6-8(10)11;/h7H,2-6,9H2,1H3,(H,10,11);1H/t7-;/m0./s1. The van der Waals surface area contributed by atoms with E-state index in [2.05, 4.69) is 6.92 Å². The van der Waals surface area contributed by atoms with Crippen molar-refractivity contribution in [3.63, 3.8) is 0 Å². The van der Waals surface area contributed by atoms with E-state index in [-0.39, 0.29) is 24.9 Å². The molecule has 0 bridgehead atoms. The molecule has 0 amide bonds. The van der Waals surface area contributed by atoms with Gasteiger partial charge >= 0.3 is 5.97 Å². The molecule has 1 atom stereocenters. The summed E-state index contributed by atoms with van der Waals surface area (Å²) in [6, 6.07) is -0.154. The lowest BCUT2D eigenvalue weighted by molar-refractivity contribution is -0.137. The Morgan fingerprint density at radius 3 is 2.50 bits per heavy atom. The molecule has 0 rings (SSSR count). The first-order valence-corrected chi connectivity index (χ1v) is 4.14. The van der Waals surface area contributed by atoms with Gasteiger partial charge in [0.1, 0.15) is 0 Å². The molecule has 0 heterocycles. The number of nitrogens with two attached hydrogens (primary N) is 1. The summed E-state index contributed by atoms with van der Waals surface area (Å²) in [5.41, 5.74) is 5.53. The van der Waals surface area contributed by atoms with Crippen LogP contribution in [0.1, 0.15) is 39.0 Å². The Morgan fingerprint density at radius 1 is 1.50 bits per heavy atom. The highest BCUT2D eigenvalue weighted by molar-refractivity contribution is 5.85. The zero-order valence-electron chi connectivity index (χ0n) is 7.45. The molecule has 0 spiro atoms. The summed E-state index contributed by atoms with van der Waals surface area (Å²) in [6.45, 7) is 2.11. The van der Waals surface area contributed by atoms with Crippen molar-refractivity contribution in [1.29, 1.82) is 0 Å². The summed E-state index contributed by atoms with van der Waals surface area (Å²) in [5, 5.41) is 8.36. The summed E-state index contributed by atoms with van der Waals surface area (Å²) in [5.74, 6) is -0.797. The van der Waals surface area contributed by atoms with Crippen LogP contribution in [0.15, 0.2) is 0 Å². The van der Waals surface area contributed by atoms with Gasteiger partial charge in [-0.05, 0) is 6.42 Å². The largest absolute Gasteiger partial charge is 0.481 e. The summed E-state index contributed by atoms with van der Waals surface area (Å²) >= 11 is 0. The minimum atomic E-state index is -0.797. The smallest absolute Gasteiger partial charge is 0.304 e. The molecule has 0 aliphatic carbocycles. The number of carbonyl (C=O) groups is 1. The second-order valence-corrected chi connectivity index (χ2v) is 2.85. The Labute approximate surface area is 79.7 Å². The van der Waals surface area contributed by atoms with E-state index in [1.807, 2.05) is 0 Å². The molecule has 0 aromatic carbocycles. The van der Waals surface area contributed by atoms with E-state index in [0.717, 1.165) is 25.7 Å². The van der Waals surface area contributed by atoms with E-state index in [0.29, 0.717) is 0 Å². The molecule has 74 valence electrons. The van der Waals surface area contributed by atoms with Crippen LogP contribution in [-0.2, 0) is 4.79 Å². The van der Waals surface area contributed by atoms with E-state index >= 15 is 0 Å². The van der Waals surface area contributed by atoms with E-state index < -0.39 is 5.97 Å². The van der Waals surface area contributed by atoms with Crippen LogP contribution in [0.4, 0.5) is 0 Å². The molecule has 4 heteroatoms. The summed E-state index contributed by atoms with van der Waals surface area (Å²) in [7, 11) is 0. The molecule has 0 radical (unpaired) electrons. The minimum absolute atomic E-state index is 0. The average Bonchev–Trinajstić information content (AvgIpc) is 1.86. The van der Waals surface area contributed by atoms with Gasteiger partial charge in [-0.25, -0.2) is 0 Å². The van der Waals surface area contributed by atoms with Gasteiger partial charge < -0.3 is 10.8 Å². The number of unbranched alkanes of at least 4 members (excludes halogenated alkanes) is 2. The second-order valence-electron chi connectivity index (χ2n) is 2.85. The predicted molar refractivity (Wildman–Crippen MR) is 51.6 cm³/mol. The number of hydrogen-bond acceptors (Lipinski definition) is 2. The van der Waals surface area contributed by atoms with E-state index in [1.165, 1.54) is 0 Å². The summed E-state index contributed by atoms with van der Waals surface area (Å²) in [6.07, 6.45) is 4.28. The first kappa shape index (κ1) is 14.3. The van der Waals surface area contributed by atoms with Crippen molar-refractivity contribution in [3.8, 4) is 0 Å². The van der Waals surface area contributed by atoms with Crippen LogP contribution >= 0.6 is 12.4 Å². The number of aliphatic carboxylic acids is 1. The first-order chi connectivity index (χ1) is 5.16. The maximum atomic E-state index is 10.2.